The second kappa shape index (κ2) is 0.724. The summed E-state index contributed by atoms with van der Waals surface area (Å²) in [6.45, 7) is 6.04. The van der Waals surface area contributed by atoms with Crippen LogP contribution in [-0.4, -0.2) is 7.85 Å². The van der Waals surface area contributed by atoms with Crippen LogP contribution in [0.25, 0.3) is 0 Å². The first-order valence-electron chi connectivity index (χ1n) is 2.31. The third kappa shape index (κ3) is 0.386. The summed E-state index contributed by atoms with van der Waals surface area (Å²) in [7, 11) is 2.22. The van der Waals surface area contributed by atoms with E-state index < -0.39 is 0 Å². The third-order valence-electron chi connectivity index (χ3n) is 1.49. The quantitative estimate of drug-likeness (QED) is 0.297. The monoisotopic (exact) mass is 80.1 g/mol. The van der Waals surface area contributed by atoms with Gasteiger partial charge in [0.1, 0.15) is 7.85 Å². The molecule has 1 aliphatic carbocycles. The lowest BCUT2D eigenvalue weighted by molar-refractivity contribution is 1.05. The smallest absolute Gasteiger partial charge is 0.100 e. The van der Waals surface area contributed by atoms with Crippen LogP contribution in [0.15, 0.2) is 12.2 Å². The first kappa shape index (κ1) is 3.98. The highest BCUT2D eigenvalue weighted by molar-refractivity contribution is 6.20. The molecule has 0 radical (unpaired) electrons. The lowest BCUT2D eigenvalue weighted by Gasteiger charge is -1.86. The molecule has 0 aromatic heterocycles. The number of hydrogen-bond donors (Lipinski definition) is 0. The van der Waals surface area contributed by atoms with Crippen LogP contribution in [0.5, 0.6) is 0 Å². The van der Waals surface area contributed by atoms with Gasteiger partial charge in [0.25, 0.3) is 0 Å². The van der Waals surface area contributed by atoms with Gasteiger partial charge in [-0.05, 0) is 11.7 Å². The summed E-state index contributed by atoms with van der Waals surface area (Å²) in [5.74, 6) is 0. The van der Waals surface area contributed by atoms with E-state index in [0.717, 1.165) is 0 Å². The molecule has 1 fully saturated rings. The van der Waals surface area contributed by atoms with Crippen molar-refractivity contribution in [2.45, 2.75) is 18.7 Å². The SMILES string of the molecule is B[C@]1(C)CC1=C. The highest BCUT2D eigenvalue weighted by atomic mass is 14.4. The van der Waals surface area contributed by atoms with Crippen molar-refractivity contribution in [3.05, 3.63) is 12.2 Å². The summed E-state index contributed by atoms with van der Waals surface area (Å²) in [6.07, 6.45) is 1.24. The van der Waals surface area contributed by atoms with Crippen LogP contribution >= 0.6 is 0 Å². The fourth-order valence-corrected chi connectivity index (χ4v) is 0.489. The second-order valence-corrected chi connectivity index (χ2v) is 2.66. The molecule has 0 spiro atoms. The van der Waals surface area contributed by atoms with Gasteiger partial charge < -0.3 is 0 Å². The van der Waals surface area contributed by atoms with E-state index in [9.17, 15) is 0 Å². The van der Waals surface area contributed by atoms with Crippen molar-refractivity contribution in [1.29, 1.82) is 0 Å². The van der Waals surface area contributed by atoms with Crippen molar-refractivity contribution in [3.8, 4) is 0 Å². The third-order valence-corrected chi connectivity index (χ3v) is 1.49. The number of rotatable bonds is 0. The zero-order chi connectivity index (χ0) is 4.78. The van der Waals surface area contributed by atoms with Crippen LogP contribution in [0.2, 0.25) is 5.31 Å². The molecule has 0 amide bonds. The van der Waals surface area contributed by atoms with Gasteiger partial charge in [-0.25, -0.2) is 0 Å². The molecule has 1 saturated carbocycles. The summed E-state index contributed by atoms with van der Waals surface area (Å²) in [5.41, 5.74) is 1.41. The van der Waals surface area contributed by atoms with Crippen LogP contribution in [0.4, 0.5) is 0 Å². The fourth-order valence-electron chi connectivity index (χ4n) is 0.489. The Bertz CT molecular complexity index is 92.1. The normalized spacial score (nSPS) is 43.2. The molecule has 0 aromatic carbocycles. The topological polar surface area (TPSA) is 0 Å². The van der Waals surface area contributed by atoms with E-state index in [1.54, 1.807) is 0 Å². The van der Waals surface area contributed by atoms with E-state index in [2.05, 4.69) is 21.3 Å². The number of hydrogen-bond acceptors (Lipinski definition) is 0. The molecule has 0 N–H and O–H groups in total. The molecule has 0 saturated heterocycles. The summed E-state index contributed by atoms with van der Waals surface area (Å²) < 4.78 is 0. The highest BCUT2D eigenvalue weighted by Crippen LogP contribution is 2.54. The standard InChI is InChI=1S/C5H9B/c1-4-3-5(4,2)6/h1,3,6H2,2H3/t5-/m1/s1. The van der Waals surface area contributed by atoms with Gasteiger partial charge in [0.15, 0.2) is 0 Å². The average molecular weight is 79.9 g/mol. The van der Waals surface area contributed by atoms with Crippen molar-refractivity contribution in [1.82, 2.24) is 0 Å². The molecule has 1 aliphatic rings. The molecule has 6 heavy (non-hydrogen) atoms. The van der Waals surface area contributed by atoms with Gasteiger partial charge in [-0.1, -0.05) is 12.5 Å². The minimum atomic E-state index is 0.514. The van der Waals surface area contributed by atoms with Crippen molar-refractivity contribution in [2.75, 3.05) is 0 Å². The molecular formula is C5H9B. The summed E-state index contributed by atoms with van der Waals surface area (Å²) >= 11 is 0. The number of allylic oxidation sites excluding steroid dienone is 1. The fraction of sp³-hybridized carbons (Fsp3) is 0.600. The molecule has 0 heterocycles. The van der Waals surface area contributed by atoms with Crippen molar-refractivity contribution in [2.24, 2.45) is 0 Å². The Hall–Kier alpha value is -0.195. The summed E-state index contributed by atoms with van der Waals surface area (Å²) in [6, 6.07) is 0. The van der Waals surface area contributed by atoms with Crippen LogP contribution < -0.4 is 0 Å². The Balaban J connectivity index is 2.63. The van der Waals surface area contributed by atoms with Gasteiger partial charge in [0.2, 0.25) is 0 Å². The molecule has 0 bridgehead atoms. The van der Waals surface area contributed by atoms with Gasteiger partial charge in [-0.2, -0.15) is 0 Å². The first-order chi connectivity index (χ1) is 2.63. The summed E-state index contributed by atoms with van der Waals surface area (Å²) in [5, 5.41) is 0.514. The van der Waals surface area contributed by atoms with E-state index in [-0.39, 0.29) is 0 Å². The molecule has 0 aromatic rings. The molecule has 32 valence electrons. The zero-order valence-corrected chi connectivity index (χ0v) is 4.41. The second-order valence-electron chi connectivity index (χ2n) is 2.66. The van der Waals surface area contributed by atoms with E-state index in [1.165, 1.54) is 12.0 Å². The maximum atomic E-state index is 3.82. The van der Waals surface area contributed by atoms with Gasteiger partial charge in [-0.15, -0.1) is 6.58 Å². The lowest BCUT2D eigenvalue weighted by Crippen LogP contribution is -1.76. The lowest BCUT2D eigenvalue weighted by atomic mass is 9.85. The molecule has 0 aliphatic heterocycles. The van der Waals surface area contributed by atoms with Crippen LogP contribution in [0.1, 0.15) is 13.3 Å². The Morgan fingerprint density at radius 1 is 2.00 bits per heavy atom. The molecule has 1 rings (SSSR count). The van der Waals surface area contributed by atoms with Crippen molar-refractivity contribution in [3.63, 3.8) is 0 Å². The highest BCUT2D eigenvalue weighted by Gasteiger charge is 2.36. The molecule has 1 heteroatoms. The van der Waals surface area contributed by atoms with Gasteiger partial charge in [0, 0.05) is 0 Å². The van der Waals surface area contributed by atoms with Crippen molar-refractivity contribution >= 4 is 7.85 Å². The molecule has 0 nitrogen and oxygen atoms in total. The molecular weight excluding hydrogens is 70.9 g/mol. The Morgan fingerprint density at radius 2 is 2.17 bits per heavy atom. The van der Waals surface area contributed by atoms with Gasteiger partial charge in [-0.3, -0.25) is 0 Å². The van der Waals surface area contributed by atoms with E-state index in [0.29, 0.717) is 5.31 Å². The minimum absolute atomic E-state index is 0.514. The van der Waals surface area contributed by atoms with Crippen LogP contribution in [-0.2, 0) is 0 Å². The predicted octanol–water partition coefficient (Wildman–Crippen LogP) is 0.758. The zero-order valence-electron chi connectivity index (χ0n) is 4.41. The van der Waals surface area contributed by atoms with Gasteiger partial charge in [0.05, 0.1) is 0 Å². The molecule has 0 unspecified atom stereocenters. The first-order valence-corrected chi connectivity index (χ1v) is 2.31. The summed E-state index contributed by atoms with van der Waals surface area (Å²) in [4.78, 5) is 0. The maximum absolute atomic E-state index is 3.82. The maximum Gasteiger partial charge on any atom is 0.114 e. The Kier molecular flexibility index (Phi) is 0.480. The largest absolute Gasteiger partial charge is 0.114 e. The van der Waals surface area contributed by atoms with E-state index >= 15 is 0 Å². The van der Waals surface area contributed by atoms with Crippen LogP contribution in [0.3, 0.4) is 0 Å². The minimum Gasteiger partial charge on any atom is -0.100 e. The van der Waals surface area contributed by atoms with Crippen molar-refractivity contribution < 1.29 is 0 Å². The predicted molar refractivity (Wildman–Crippen MR) is 30.7 cm³/mol. The average Bonchev–Trinajstić information content (AvgIpc) is 1.73. The van der Waals surface area contributed by atoms with Gasteiger partial charge >= 0.3 is 0 Å². The Labute approximate surface area is 39.7 Å². The Morgan fingerprint density at radius 3 is 2.17 bits per heavy atom. The van der Waals surface area contributed by atoms with E-state index in [4.69, 9.17) is 0 Å². The van der Waals surface area contributed by atoms with E-state index in [1.807, 2.05) is 0 Å². The molecule has 1 atom stereocenters. The van der Waals surface area contributed by atoms with Crippen LogP contribution in [0, 0.1) is 0 Å².